The molecule has 2 aromatic carbocycles. The van der Waals surface area contributed by atoms with Gasteiger partial charge in [-0.25, -0.2) is 13.6 Å². The van der Waals surface area contributed by atoms with Crippen LogP contribution >= 0.6 is 15.9 Å². The van der Waals surface area contributed by atoms with E-state index in [4.69, 9.17) is 9.47 Å². The summed E-state index contributed by atoms with van der Waals surface area (Å²) in [6.45, 7) is 3.29. The van der Waals surface area contributed by atoms with E-state index in [-0.39, 0.29) is 29.1 Å². The summed E-state index contributed by atoms with van der Waals surface area (Å²) < 4.78 is 38.6. The van der Waals surface area contributed by atoms with Gasteiger partial charge in [0.2, 0.25) is 5.88 Å². The minimum atomic E-state index is -0.757. The molecule has 0 saturated carbocycles. The van der Waals surface area contributed by atoms with E-state index < -0.39 is 23.2 Å². The predicted molar refractivity (Wildman–Crippen MR) is 109 cm³/mol. The number of halogens is 3. The number of benzene rings is 2. The molecule has 0 atom stereocenters. The van der Waals surface area contributed by atoms with Gasteiger partial charge in [0.05, 0.1) is 17.9 Å². The van der Waals surface area contributed by atoms with Gasteiger partial charge in [0, 0.05) is 11.6 Å². The fourth-order valence-electron chi connectivity index (χ4n) is 2.75. The lowest BCUT2D eigenvalue weighted by atomic mass is 10.2. The lowest BCUT2D eigenvalue weighted by Gasteiger charge is -2.14. The van der Waals surface area contributed by atoms with Crippen LogP contribution in [0.3, 0.4) is 0 Å². The van der Waals surface area contributed by atoms with Crippen molar-refractivity contribution in [3.05, 3.63) is 85.9 Å². The molecule has 0 saturated heterocycles. The zero-order chi connectivity index (χ0) is 21.8. The number of ether oxygens (including phenoxy) is 2. The first-order valence-corrected chi connectivity index (χ1v) is 9.74. The normalized spacial score (nSPS) is 10.7. The molecule has 3 rings (SSSR count). The predicted octanol–water partition coefficient (Wildman–Crippen LogP) is 4.34. The maximum atomic E-state index is 13.8. The van der Waals surface area contributed by atoms with Crippen molar-refractivity contribution >= 4 is 21.9 Å². The highest BCUT2D eigenvalue weighted by Crippen LogP contribution is 2.22. The summed E-state index contributed by atoms with van der Waals surface area (Å²) in [5.74, 6) is -1.69. The fraction of sp³-hybridized carbons (Fsp3) is 0.190. The van der Waals surface area contributed by atoms with E-state index in [9.17, 15) is 18.4 Å². The van der Waals surface area contributed by atoms with Gasteiger partial charge in [-0.1, -0.05) is 6.07 Å². The molecule has 9 heteroatoms. The lowest BCUT2D eigenvalue weighted by molar-refractivity contribution is 0.0526. The molecule has 0 N–H and O–H groups in total. The smallest absolute Gasteiger partial charge is 0.338 e. The third kappa shape index (κ3) is 4.56. The van der Waals surface area contributed by atoms with Gasteiger partial charge in [-0.2, -0.15) is 4.98 Å². The average molecular weight is 479 g/mol. The Hall–Kier alpha value is -3.07. The van der Waals surface area contributed by atoms with Gasteiger partial charge in [-0.05, 0) is 60.1 Å². The van der Waals surface area contributed by atoms with Crippen LogP contribution in [0.2, 0.25) is 0 Å². The Balaban J connectivity index is 1.93. The lowest BCUT2D eigenvalue weighted by Crippen LogP contribution is -2.24. The molecule has 0 bridgehead atoms. The quantitative estimate of drug-likeness (QED) is 0.493. The van der Waals surface area contributed by atoms with Crippen molar-refractivity contribution in [2.75, 3.05) is 6.61 Å². The largest absolute Gasteiger partial charge is 0.472 e. The number of nitrogens with zero attached hydrogens (tertiary/aromatic N) is 2. The van der Waals surface area contributed by atoms with Gasteiger partial charge >= 0.3 is 5.97 Å². The Morgan fingerprint density at radius 1 is 1.20 bits per heavy atom. The highest BCUT2D eigenvalue weighted by molar-refractivity contribution is 9.10. The Bertz CT molecular complexity index is 1160. The second-order valence-electron chi connectivity index (χ2n) is 6.21. The van der Waals surface area contributed by atoms with E-state index in [1.807, 2.05) is 0 Å². The summed E-state index contributed by atoms with van der Waals surface area (Å²) in [6, 6.07) is 9.51. The van der Waals surface area contributed by atoms with Crippen LogP contribution in [-0.2, 0) is 11.3 Å². The highest BCUT2D eigenvalue weighted by Gasteiger charge is 2.17. The average Bonchev–Trinajstić information content (AvgIpc) is 2.71. The molecule has 30 heavy (non-hydrogen) atoms. The molecule has 6 nitrogen and oxygen atoms in total. The Labute approximate surface area is 179 Å². The molecule has 0 radical (unpaired) electrons. The van der Waals surface area contributed by atoms with E-state index in [1.165, 1.54) is 16.7 Å². The summed E-state index contributed by atoms with van der Waals surface area (Å²) >= 11 is 3.17. The van der Waals surface area contributed by atoms with Gasteiger partial charge in [-0.15, -0.1) is 0 Å². The van der Waals surface area contributed by atoms with Gasteiger partial charge in [0.15, 0.2) is 0 Å². The summed E-state index contributed by atoms with van der Waals surface area (Å²) in [5.41, 5.74) is 0.364. The molecule has 1 aromatic heterocycles. The molecule has 0 amide bonds. The highest BCUT2D eigenvalue weighted by atomic mass is 79.9. The van der Waals surface area contributed by atoms with Crippen molar-refractivity contribution in [1.29, 1.82) is 0 Å². The second-order valence-corrected chi connectivity index (χ2v) is 7.01. The molecule has 0 aliphatic rings. The second kappa shape index (κ2) is 9.17. The van der Waals surface area contributed by atoms with Crippen molar-refractivity contribution in [1.82, 2.24) is 9.55 Å². The Kier molecular flexibility index (Phi) is 6.61. The molecule has 3 aromatic rings. The topological polar surface area (TPSA) is 70.4 Å². The van der Waals surface area contributed by atoms with Crippen molar-refractivity contribution < 1.29 is 23.0 Å². The van der Waals surface area contributed by atoms with Gasteiger partial charge < -0.3 is 9.47 Å². The molecule has 1 heterocycles. The Morgan fingerprint density at radius 2 is 1.97 bits per heavy atom. The van der Waals surface area contributed by atoms with Crippen LogP contribution in [0, 0.1) is 18.6 Å². The number of hydrogen-bond donors (Lipinski definition) is 0. The Morgan fingerprint density at radius 3 is 2.67 bits per heavy atom. The monoisotopic (exact) mass is 478 g/mol. The van der Waals surface area contributed by atoms with E-state index in [1.54, 1.807) is 32.0 Å². The molecule has 0 aliphatic heterocycles. The van der Waals surface area contributed by atoms with E-state index in [0.29, 0.717) is 17.1 Å². The summed E-state index contributed by atoms with van der Waals surface area (Å²) in [5, 5.41) is 0. The first kappa shape index (κ1) is 21.6. The van der Waals surface area contributed by atoms with Crippen LogP contribution in [0.25, 0.3) is 5.69 Å². The molecular formula is C21H17BrF2N2O4. The zero-order valence-electron chi connectivity index (χ0n) is 16.1. The van der Waals surface area contributed by atoms with Crippen LogP contribution in [0.5, 0.6) is 5.88 Å². The summed E-state index contributed by atoms with van der Waals surface area (Å²) in [4.78, 5) is 29.1. The van der Waals surface area contributed by atoms with Crippen LogP contribution in [0.15, 0.2) is 51.7 Å². The van der Waals surface area contributed by atoms with Crippen molar-refractivity contribution in [2.45, 2.75) is 20.5 Å². The maximum absolute atomic E-state index is 13.8. The van der Waals surface area contributed by atoms with E-state index in [2.05, 4.69) is 20.9 Å². The maximum Gasteiger partial charge on any atom is 0.338 e. The van der Waals surface area contributed by atoms with Crippen molar-refractivity contribution in [3.8, 4) is 11.6 Å². The number of aromatic nitrogens is 2. The number of rotatable bonds is 6. The first-order chi connectivity index (χ1) is 14.3. The van der Waals surface area contributed by atoms with Gasteiger partial charge in [0.25, 0.3) is 5.56 Å². The minimum Gasteiger partial charge on any atom is -0.472 e. The number of hydrogen-bond acceptors (Lipinski definition) is 5. The SMILES string of the molecule is CCOC(=O)c1cccc(-n2c(C)nc(OCc3ccc(F)cc3F)c(Br)c2=O)c1. The molecule has 0 spiro atoms. The number of carbonyl (C=O) groups excluding carboxylic acids is 1. The minimum absolute atomic E-state index is 0.0251. The molecule has 0 unspecified atom stereocenters. The number of esters is 1. The third-order valence-electron chi connectivity index (χ3n) is 4.16. The first-order valence-electron chi connectivity index (χ1n) is 8.95. The molecular weight excluding hydrogens is 462 g/mol. The standard InChI is InChI=1S/C21H17BrF2N2O4/c1-3-29-21(28)13-5-4-6-16(9-13)26-12(2)25-19(18(22)20(26)27)30-11-14-7-8-15(23)10-17(14)24/h4-10H,3,11H2,1-2H3. The number of aryl methyl sites for hydroxylation is 1. The van der Waals surface area contributed by atoms with Crippen LogP contribution in [0.4, 0.5) is 8.78 Å². The van der Waals surface area contributed by atoms with Crippen LogP contribution in [-0.4, -0.2) is 22.1 Å². The van der Waals surface area contributed by atoms with Crippen molar-refractivity contribution in [3.63, 3.8) is 0 Å². The summed E-state index contributed by atoms with van der Waals surface area (Å²) in [6.07, 6.45) is 0. The summed E-state index contributed by atoms with van der Waals surface area (Å²) in [7, 11) is 0. The van der Waals surface area contributed by atoms with Crippen molar-refractivity contribution in [2.24, 2.45) is 0 Å². The zero-order valence-corrected chi connectivity index (χ0v) is 17.7. The van der Waals surface area contributed by atoms with Crippen LogP contribution < -0.4 is 10.3 Å². The van der Waals surface area contributed by atoms with E-state index >= 15 is 0 Å². The fourth-order valence-corrected chi connectivity index (χ4v) is 3.13. The van der Waals surface area contributed by atoms with E-state index in [0.717, 1.165) is 12.1 Å². The number of carbonyl (C=O) groups is 1. The molecule has 0 aliphatic carbocycles. The molecule has 156 valence electrons. The molecule has 0 fully saturated rings. The van der Waals surface area contributed by atoms with Gasteiger partial charge in [0.1, 0.15) is 28.5 Å². The van der Waals surface area contributed by atoms with Gasteiger partial charge in [-0.3, -0.25) is 9.36 Å². The third-order valence-corrected chi connectivity index (χ3v) is 4.84. The van der Waals surface area contributed by atoms with Crippen LogP contribution in [0.1, 0.15) is 28.7 Å².